The monoisotopic (exact) mass is 365 g/mol. The number of fused-ring (bicyclic) bond motifs is 2. The minimum atomic E-state index is 0.278. The molecule has 0 amide bonds. The molecule has 3 aromatic rings. The molecule has 0 radical (unpaired) electrons. The summed E-state index contributed by atoms with van der Waals surface area (Å²) in [5.41, 5.74) is 3.10. The lowest BCUT2D eigenvalue weighted by Gasteiger charge is -2.15. The molecule has 7 heteroatoms. The molecular formula is C19H21N6S+. The molecule has 1 aliphatic carbocycles. The number of azo groups is 1. The van der Waals surface area contributed by atoms with Crippen LogP contribution in [0.1, 0.15) is 0 Å². The summed E-state index contributed by atoms with van der Waals surface area (Å²) in [6, 6.07) is 4.60. The van der Waals surface area contributed by atoms with Gasteiger partial charge in [0.25, 0.3) is 0 Å². The molecule has 0 fully saturated rings. The normalized spacial score (nSPS) is 17.7. The zero-order valence-corrected chi connectivity index (χ0v) is 16.1. The summed E-state index contributed by atoms with van der Waals surface area (Å²) >= 11 is 1.64. The van der Waals surface area contributed by atoms with Crippen molar-refractivity contribution in [2.45, 2.75) is 6.04 Å². The molecule has 0 aliphatic heterocycles. The fourth-order valence-corrected chi connectivity index (χ4v) is 3.97. The molecule has 0 spiro atoms. The van der Waals surface area contributed by atoms with Crippen molar-refractivity contribution in [2.75, 3.05) is 14.1 Å². The van der Waals surface area contributed by atoms with E-state index in [9.17, 15) is 0 Å². The highest BCUT2D eigenvalue weighted by Crippen LogP contribution is 2.30. The van der Waals surface area contributed by atoms with Crippen LogP contribution in [0, 0.1) is 0 Å². The second-order valence-electron chi connectivity index (χ2n) is 6.58. The molecule has 6 nitrogen and oxygen atoms in total. The Morgan fingerprint density at radius 2 is 2.08 bits per heavy atom. The standard InChI is InChI=1S/C19H21N6S/c1-23(2)15-7-5-6-14(8-9-15)21-22-19-24(3)17-11-16-13(10-18(17)26-19)12-20-25(16)4/h5-12,15H,1-4H3/q+1. The molecule has 1 aliphatic rings. The molecule has 2 heterocycles. The first-order valence-electron chi connectivity index (χ1n) is 8.42. The van der Waals surface area contributed by atoms with Crippen molar-refractivity contribution in [2.24, 2.45) is 24.3 Å². The van der Waals surface area contributed by atoms with Crippen LogP contribution in [-0.2, 0) is 14.1 Å². The van der Waals surface area contributed by atoms with Crippen LogP contribution in [0.3, 0.4) is 0 Å². The maximum atomic E-state index is 4.49. The van der Waals surface area contributed by atoms with Gasteiger partial charge in [0.15, 0.2) is 0 Å². The lowest BCUT2D eigenvalue weighted by Crippen LogP contribution is -2.25. The summed E-state index contributed by atoms with van der Waals surface area (Å²) in [5, 5.41) is 15.3. The lowest BCUT2D eigenvalue weighted by molar-refractivity contribution is -0.627. The molecule has 2 aromatic heterocycles. The smallest absolute Gasteiger partial charge is 0.300 e. The van der Waals surface area contributed by atoms with Crippen molar-refractivity contribution in [1.29, 1.82) is 0 Å². The third kappa shape index (κ3) is 3.00. The molecule has 1 aromatic carbocycles. The maximum absolute atomic E-state index is 4.49. The number of aromatic nitrogens is 3. The molecule has 0 saturated heterocycles. The van der Waals surface area contributed by atoms with Crippen molar-refractivity contribution >= 4 is 37.6 Å². The van der Waals surface area contributed by atoms with Crippen molar-refractivity contribution in [3.8, 4) is 0 Å². The fourth-order valence-electron chi connectivity index (χ4n) is 2.97. The van der Waals surface area contributed by atoms with E-state index in [-0.39, 0.29) is 6.04 Å². The van der Waals surface area contributed by atoms with E-state index in [0.717, 1.165) is 27.2 Å². The largest absolute Gasteiger partial charge is 0.409 e. The van der Waals surface area contributed by atoms with Gasteiger partial charge in [-0.05, 0) is 48.8 Å². The molecular weight excluding hydrogens is 344 g/mol. The van der Waals surface area contributed by atoms with Crippen LogP contribution in [0.5, 0.6) is 0 Å². The lowest BCUT2D eigenvalue weighted by atomic mass is 10.2. The van der Waals surface area contributed by atoms with Gasteiger partial charge >= 0.3 is 5.13 Å². The van der Waals surface area contributed by atoms with Crippen molar-refractivity contribution in [3.63, 3.8) is 0 Å². The molecule has 0 bridgehead atoms. The summed E-state index contributed by atoms with van der Waals surface area (Å²) in [5.74, 6) is 0. The van der Waals surface area contributed by atoms with Crippen LogP contribution in [0.2, 0.25) is 0 Å². The van der Waals surface area contributed by atoms with Crippen LogP contribution >= 0.6 is 11.3 Å². The maximum Gasteiger partial charge on any atom is 0.409 e. The number of hydrogen-bond donors (Lipinski definition) is 0. The third-order valence-corrected chi connectivity index (χ3v) is 5.65. The number of allylic oxidation sites excluding steroid dienone is 3. The summed E-state index contributed by atoms with van der Waals surface area (Å²) in [6.45, 7) is 0. The van der Waals surface area contributed by atoms with E-state index in [1.165, 1.54) is 4.70 Å². The minimum absolute atomic E-state index is 0.278. The minimum Gasteiger partial charge on any atom is -0.300 e. The molecule has 1 unspecified atom stereocenters. The van der Waals surface area contributed by atoms with Gasteiger partial charge in [-0.1, -0.05) is 18.2 Å². The second-order valence-corrected chi connectivity index (χ2v) is 7.59. The highest BCUT2D eigenvalue weighted by molar-refractivity contribution is 7.21. The van der Waals surface area contributed by atoms with E-state index >= 15 is 0 Å². The van der Waals surface area contributed by atoms with Gasteiger partial charge in [-0.3, -0.25) is 9.58 Å². The highest BCUT2D eigenvalue weighted by Gasteiger charge is 2.18. The van der Waals surface area contributed by atoms with Gasteiger partial charge in [-0.15, -0.1) is 0 Å². The van der Waals surface area contributed by atoms with Crippen LogP contribution in [0.15, 0.2) is 64.6 Å². The second kappa shape index (κ2) is 6.59. The third-order valence-electron chi connectivity index (χ3n) is 4.56. The average molecular weight is 365 g/mol. The van der Waals surface area contributed by atoms with E-state index in [2.05, 4.69) is 63.2 Å². The van der Waals surface area contributed by atoms with E-state index in [4.69, 9.17) is 0 Å². The zero-order valence-electron chi connectivity index (χ0n) is 15.3. The van der Waals surface area contributed by atoms with Crippen molar-refractivity contribution < 1.29 is 4.57 Å². The summed E-state index contributed by atoms with van der Waals surface area (Å²) < 4.78 is 5.15. The number of likely N-dealkylation sites (N-methyl/N-ethyl adjacent to an activating group) is 1. The number of benzene rings is 1. The van der Waals surface area contributed by atoms with Crippen molar-refractivity contribution in [3.05, 3.63) is 54.4 Å². The average Bonchev–Trinajstić information content (AvgIpc) is 3.01. The summed E-state index contributed by atoms with van der Waals surface area (Å²) in [4.78, 5) is 2.15. The first-order chi connectivity index (χ1) is 12.5. The topological polar surface area (TPSA) is 49.7 Å². The Labute approximate surface area is 156 Å². The molecule has 1 atom stereocenters. The zero-order chi connectivity index (χ0) is 18.3. The Bertz CT molecular complexity index is 1100. The first kappa shape index (κ1) is 16.8. The Kier molecular flexibility index (Phi) is 4.26. The molecule has 0 N–H and O–H groups in total. The van der Waals surface area contributed by atoms with Crippen LogP contribution in [-0.4, -0.2) is 34.8 Å². The van der Waals surface area contributed by atoms with Gasteiger partial charge < -0.3 is 0 Å². The van der Waals surface area contributed by atoms with E-state index in [0.29, 0.717) is 0 Å². The summed E-state index contributed by atoms with van der Waals surface area (Å²) in [7, 11) is 8.10. The van der Waals surface area contributed by atoms with Gasteiger partial charge in [-0.25, -0.2) is 4.57 Å². The summed E-state index contributed by atoms with van der Waals surface area (Å²) in [6.07, 6.45) is 12.2. The fraction of sp³-hybridized carbons (Fsp3) is 0.263. The van der Waals surface area contributed by atoms with E-state index < -0.39 is 0 Å². The van der Waals surface area contributed by atoms with Gasteiger partial charge in [0.05, 0.1) is 28.6 Å². The van der Waals surface area contributed by atoms with Crippen LogP contribution in [0.25, 0.3) is 21.1 Å². The molecule has 4 rings (SSSR count). The van der Waals surface area contributed by atoms with Gasteiger partial charge in [0.1, 0.15) is 11.2 Å². The molecule has 26 heavy (non-hydrogen) atoms. The van der Waals surface area contributed by atoms with E-state index in [1.807, 2.05) is 43.2 Å². The van der Waals surface area contributed by atoms with E-state index in [1.54, 1.807) is 11.3 Å². The SMILES string of the molecule is CN(C)C1C=CC=C(N=Nc2sc3cc4cnn(C)c4cc3[n+]2C)C=C1. The van der Waals surface area contributed by atoms with Gasteiger partial charge in [0, 0.05) is 24.5 Å². The highest BCUT2D eigenvalue weighted by atomic mass is 32.1. The number of aryl methyl sites for hydroxylation is 2. The Morgan fingerprint density at radius 1 is 1.23 bits per heavy atom. The predicted octanol–water partition coefficient (Wildman–Crippen LogP) is 3.64. The number of nitrogens with zero attached hydrogens (tertiary/aromatic N) is 6. The molecule has 132 valence electrons. The Morgan fingerprint density at radius 3 is 2.88 bits per heavy atom. The van der Waals surface area contributed by atoms with Crippen LogP contribution < -0.4 is 4.57 Å². The van der Waals surface area contributed by atoms with Gasteiger partial charge in [0.2, 0.25) is 0 Å². The van der Waals surface area contributed by atoms with Crippen molar-refractivity contribution in [1.82, 2.24) is 14.7 Å². The first-order valence-corrected chi connectivity index (χ1v) is 9.24. The predicted molar refractivity (Wildman–Crippen MR) is 106 cm³/mol. The number of rotatable bonds is 3. The number of thiazole rings is 1. The van der Waals surface area contributed by atoms with Crippen LogP contribution in [0.4, 0.5) is 5.13 Å². The quantitative estimate of drug-likeness (QED) is 0.526. The number of hydrogen-bond acceptors (Lipinski definition) is 5. The van der Waals surface area contributed by atoms with Gasteiger partial charge in [-0.2, -0.15) is 5.10 Å². The molecule has 0 saturated carbocycles. The Hall–Kier alpha value is -2.64. The Balaban J connectivity index is 1.67.